The fourth-order valence-electron chi connectivity index (χ4n) is 2.48. The van der Waals surface area contributed by atoms with Crippen LogP contribution in [0.5, 0.6) is 5.75 Å². The molecule has 0 spiro atoms. The molecule has 2 heterocycles. The third-order valence-corrected chi connectivity index (χ3v) is 4.75. The summed E-state index contributed by atoms with van der Waals surface area (Å²) in [6.07, 6.45) is 1.93. The van der Waals surface area contributed by atoms with E-state index in [1.54, 1.807) is 24.3 Å². The number of nitrogens with zero attached hydrogens (tertiary/aromatic N) is 2. The summed E-state index contributed by atoms with van der Waals surface area (Å²) in [7, 11) is 0. The van der Waals surface area contributed by atoms with Gasteiger partial charge in [-0.2, -0.15) is 5.10 Å². The Hall–Kier alpha value is -2.25. The van der Waals surface area contributed by atoms with Crippen LogP contribution in [0.3, 0.4) is 0 Å². The summed E-state index contributed by atoms with van der Waals surface area (Å²) in [6, 6.07) is 8.69. The number of carbonyl (C=O) groups is 1. The Kier molecular flexibility index (Phi) is 6.23. The molecule has 0 saturated heterocycles. The average molecular weight is 453 g/mol. The number of halogens is 2. The van der Waals surface area contributed by atoms with E-state index in [4.69, 9.17) is 20.8 Å². The second-order valence-corrected chi connectivity index (χ2v) is 7.23. The predicted molar refractivity (Wildman–Crippen MR) is 106 cm³/mol. The Labute approximate surface area is 170 Å². The second kappa shape index (κ2) is 8.63. The fraction of sp³-hybridized carbons (Fsp3) is 0.263. The van der Waals surface area contributed by atoms with Gasteiger partial charge < -0.3 is 14.5 Å². The van der Waals surface area contributed by atoms with Crippen molar-refractivity contribution < 1.29 is 13.9 Å². The van der Waals surface area contributed by atoms with E-state index < -0.39 is 0 Å². The molecule has 0 aliphatic rings. The van der Waals surface area contributed by atoms with Crippen molar-refractivity contribution in [1.29, 1.82) is 0 Å². The first-order chi connectivity index (χ1) is 13.0. The Bertz CT molecular complexity index is 952. The Morgan fingerprint density at radius 3 is 2.89 bits per heavy atom. The highest BCUT2D eigenvalue weighted by Crippen LogP contribution is 2.28. The molecule has 1 N–H and O–H groups in total. The molecule has 0 radical (unpaired) electrons. The van der Waals surface area contributed by atoms with Crippen LogP contribution in [-0.2, 0) is 19.7 Å². The van der Waals surface area contributed by atoms with Gasteiger partial charge in [-0.1, -0.05) is 27.5 Å². The zero-order valence-electron chi connectivity index (χ0n) is 15.0. The third-order valence-electron chi connectivity index (χ3n) is 3.96. The number of hydrogen-bond acceptors (Lipinski definition) is 4. The molecule has 0 aliphatic carbocycles. The van der Waals surface area contributed by atoms with E-state index in [1.165, 1.54) is 0 Å². The third kappa shape index (κ3) is 4.93. The van der Waals surface area contributed by atoms with Crippen LogP contribution in [0.1, 0.15) is 34.5 Å². The van der Waals surface area contributed by atoms with Crippen molar-refractivity contribution in [2.24, 2.45) is 0 Å². The summed E-state index contributed by atoms with van der Waals surface area (Å²) in [6.45, 7) is 5.30. The maximum absolute atomic E-state index is 12.3. The summed E-state index contributed by atoms with van der Waals surface area (Å²) in [5.74, 6) is 1.03. The van der Waals surface area contributed by atoms with Crippen LogP contribution in [0, 0.1) is 6.92 Å². The predicted octanol–water partition coefficient (Wildman–Crippen LogP) is 4.73. The fourth-order valence-corrected chi connectivity index (χ4v) is 3.20. The summed E-state index contributed by atoms with van der Waals surface area (Å²) in [4.78, 5) is 12.3. The molecule has 1 amide bonds. The van der Waals surface area contributed by atoms with Gasteiger partial charge in [-0.15, -0.1) is 0 Å². The van der Waals surface area contributed by atoms with Crippen LogP contribution in [-0.4, -0.2) is 15.7 Å². The lowest BCUT2D eigenvalue weighted by Gasteiger charge is -2.06. The molecule has 142 valence electrons. The first kappa shape index (κ1) is 19.5. The minimum atomic E-state index is -0.286. The van der Waals surface area contributed by atoms with Gasteiger partial charge in [0.2, 0.25) is 0 Å². The SMILES string of the molecule is CCn1cc(CNC(=O)c2ccc(COc3ccc(Br)cc3Cl)o2)c(C)n1. The number of furan rings is 1. The second-order valence-electron chi connectivity index (χ2n) is 5.91. The van der Waals surface area contributed by atoms with Crippen LogP contribution in [0.2, 0.25) is 5.02 Å². The first-order valence-electron chi connectivity index (χ1n) is 8.44. The lowest BCUT2D eigenvalue weighted by Crippen LogP contribution is -2.22. The summed E-state index contributed by atoms with van der Waals surface area (Å²) >= 11 is 9.46. The van der Waals surface area contributed by atoms with Gasteiger partial charge in [-0.25, -0.2) is 0 Å². The van der Waals surface area contributed by atoms with E-state index in [2.05, 4.69) is 26.3 Å². The standard InChI is InChI=1S/C19H19BrClN3O3/c1-3-24-10-13(12(2)23-24)9-22-19(25)18-7-5-15(27-18)11-26-17-6-4-14(20)8-16(17)21/h4-8,10H,3,9,11H2,1-2H3,(H,22,25). The van der Waals surface area contributed by atoms with E-state index in [0.29, 0.717) is 23.1 Å². The molecule has 3 rings (SSSR count). The van der Waals surface area contributed by atoms with Crippen molar-refractivity contribution in [3.63, 3.8) is 0 Å². The number of aromatic nitrogens is 2. The molecule has 2 aromatic heterocycles. The van der Waals surface area contributed by atoms with Crippen LogP contribution in [0.4, 0.5) is 0 Å². The summed E-state index contributed by atoms with van der Waals surface area (Å²) in [5.41, 5.74) is 1.88. The van der Waals surface area contributed by atoms with Gasteiger partial charge in [0.15, 0.2) is 5.76 Å². The van der Waals surface area contributed by atoms with Gasteiger partial charge in [0.25, 0.3) is 5.91 Å². The Morgan fingerprint density at radius 2 is 2.19 bits per heavy atom. The summed E-state index contributed by atoms with van der Waals surface area (Å²) in [5, 5.41) is 7.70. The Balaban J connectivity index is 1.56. The topological polar surface area (TPSA) is 69.3 Å². The molecule has 0 unspecified atom stereocenters. The molecular formula is C19H19BrClN3O3. The highest BCUT2D eigenvalue weighted by Gasteiger charge is 2.13. The van der Waals surface area contributed by atoms with Crippen molar-refractivity contribution in [3.8, 4) is 5.75 Å². The first-order valence-corrected chi connectivity index (χ1v) is 9.61. The Morgan fingerprint density at radius 1 is 1.37 bits per heavy atom. The highest BCUT2D eigenvalue weighted by atomic mass is 79.9. The lowest BCUT2D eigenvalue weighted by atomic mass is 10.2. The minimum Gasteiger partial charge on any atom is -0.484 e. The molecule has 0 bridgehead atoms. The molecule has 6 nitrogen and oxygen atoms in total. The van der Waals surface area contributed by atoms with Gasteiger partial charge in [-0.3, -0.25) is 9.48 Å². The van der Waals surface area contributed by atoms with Crippen LogP contribution in [0.25, 0.3) is 0 Å². The number of rotatable bonds is 7. The molecule has 0 atom stereocenters. The van der Waals surface area contributed by atoms with E-state index in [1.807, 2.05) is 30.8 Å². The van der Waals surface area contributed by atoms with Crippen LogP contribution in [0.15, 0.2) is 45.4 Å². The van der Waals surface area contributed by atoms with Gasteiger partial charge >= 0.3 is 0 Å². The minimum absolute atomic E-state index is 0.178. The zero-order chi connectivity index (χ0) is 19.4. The van der Waals surface area contributed by atoms with E-state index in [0.717, 1.165) is 22.3 Å². The number of ether oxygens (including phenoxy) is 1. The maximum Gasteiger partial charge on any atom is 0.287 e. The number of carbonyl (C=O) groups excluding carboxylic acids is 1. The molecule has 3 aromatic rings. The van der Waals surface area contributed by atoms with E-state index >= 15 is 0 Å². The van der Waals surface area contributed by atoms with E-state index in [-0.39, 0.29) is 18.3 Å². The average Bonchev–Trinajstić information content (AvgIpc) is 3.25. The number of hydrogen-bond donors (Lipinski definition) is 1. The normalized spacial score (nSPS) is 10.8. The smallest absolute Gasteiger partial charge is 0.287 e. The molecule has 0 saturated carbocycles. The molecule has 0 fully saturated rings. The number of benzene rings is 1. The lowest BCUT2D eigenvalue weighted by molar-refractivity contribution is 0.0919. The monoisotopic (exact) mass is 451 g/mol. The summed E-state index contributed by atoms with van der Waals surface area (Å²) < 4.78 is 13.9. The van der Waals surface area contributed by atoms with Gasteiger partial charge in [0.05, 0.1) is 10.7 Å². The molecule has 27 heavy (non-hydrogen) atoms. The van der Waals surface area contributed by atoms with Gasteiger partial charge in [0.1, 0.15) is 18.1 Å². The van der Waals surface area contributed by atoms with Crippen LogP contribution >= 0.6 is 27.5 Å². The van der Waals surface area contributed by atoms with Crippen molar-refractivity contribution in [3.05, 3.63) is 68.8 Å². The molecular weight excluding hydrogens is 434 g/mol. The van der Waals surface area contributed by atoms with Crippen molar-refractivity contribution in [1.82, 2.24) is 15.1 Å². The largest absolute Gasteiger partial charge is 0.484 e. The number of aryl methyl sites for hydroxylation is 2. The highest BCUT2D eigenvalue weighted by molar-refractivity contribution is 9.10. The number of nitrogens with one attached hydrogen (secondary N) is 1. The molecule has 8 heteroatoms. The quantitative estimate of drug-likeness (QED) is 0.563. The van der Waals surface area contributed by atoms with E-state index in [9.17, 15) is 4.79 Å². The van der Waals surface area contributed by atoms with Crippen LogP contribution < -0.4 is 10.1 Å². The maximum atomic E-state index is 12.3. The molecule has 1 aromatic carbocycles. The van der Waals surface area contributed by atoms with Gasteiger partial charge in [-0.05, 0) is 44.2 Å². The zero-order valence-corrected chi connectivity index (χ0v) is 17.3. The molecule has 0 aliphatic heterocycles. The van der Waals surface area contributed by atoms with Crippen molar-refractivity contribution in [2.45, 2.75) is 33.5 Å². The van der Waals surface area contributed by atoms with Crippen molar-refractivity contribution in [2.75, 3.05) is 0 Å². The number of amides is 1. The van der Waals surface area contributed by atoms with Crippen molar-refractivity contribution >= 4 is 33.4 Å². The van der Waals surface area contributed by atoms with Gasteiger partial charge in [0, 0.05) is 29.3 Å².